The van der Waals surface area contributed by atoms with Gasteiger partial charge in [-0.1, -0.05) is 19.8 Å². The van der Waals surface area contributed by atoms with Gasteiger partial charge in [-0.25, -0.2) is 0 Å². The number of nitrogens with one attached hydrogen (secondary N) is 2. The smallest absolute Gasteiger partial charge is 0.254 e. The second kappa shape index (κ2) is 6.37. The lowest BCUT2D eigenvalue weighted by Gasteiger charge is -2.30. The molecule has 1 aromatic rings. The number of nitrogens with zero attached hydrogens (tertiary/aromatic N) is 1. The van der Waals surface area contributed by atoms with Crippen molar-refractivity contribution in [2.75, 3.05) is 30.3 Å². The van der Waals surface area contributed by atoms with Crippen molar-refractivity contribution in [2.45, 2.75) is 45.1 Å². The number of carbonyl (C=O) groups excluding carboxylic acids is 1. The van der Waals surface area contributed by atoms with Crippen molar-refractivity contribution in [3.05, 3.63) is 23.8 Å². The van der Waals surface area contributed by atoms with E-state index in [1.165, 1.54) is 12.8 Å². The molecule has 1 amide bonds. The molecule has 4 nitrogen and oxygen atoms in total. The predicted molar refractivity (Wildman–Crippen MR) is 87.0 cm³/mol. The Morgan fingerprint density at radius 3 is 2.81 bits per heavy atom. The number of fused-ring (bicyclic) bond motifs is 1. The number of benzene rings is 1. The number of anilines is 2. The Morgan fingerprint density at radius 1 is 1.19 bits per heavy atom. The van der Waals surface area contributed by atoms with Gasteiger partial charge in [-0.05, 0) is 37.5 Å². The van der Waals surface area contributed by atoms with Crippen molar-refractivity contribution in [3.63, 3.8) is 0 Å². The van der Waals surface area contributed by atoms with Gasteiger partial charge in [0.2, 0.25) is 0 Å². The fourth-order valence-corrected chi connectivity index (χ4v) is 3.41. The van der Waals surface area contributed by atoms with Gasteiger partial charge < -0.3 is 15.5 Å². The van der Waals surface area contributed by atoms with Crippen LogP contribution in [0.1, 0.15) is 49.4 Å². The molecule has 2 N–H and O–H groups in total. The maximum Gasteiger partial charge on any atom is 0.254 e. The Morgan fingerprint density at radius 2 is 2.00 bits per heavy atom. The molecule has 1 aromatic carbocycles. The highest BCUT2D eigenvalue weighted by atomic mass is 16.2. The minimum absolute atomic E-state index is 0.193. The third-order valence-electron chi connectivity index (χ3n) is 4.63. The van der Waals surface area contributed by atoms with Crippen LogP contribution in [0.25, 0.3) is 0 Å². The maximum atomic E-state index is 12.9. The van der Waals surface area contributed by atoms with Crippen molar-refractivity contribution < 1.29 is 4.79 Å². The molecule has 1 fully saturated rings. The molecular weight excluding hydrogens is 262 g/mol. The van der Waals surface area contributed by atoms with Crippen LogP contribution < -0.4 is 10.6 Å². The second-order valence-electron chi connectivity index (χ2n) is 6.02. The molecule has 0 spiro atoms. The van der Waals surface area contributed by atoms with Crippen LogP contribution in [0.4, 0.5) is 11.4 Å². The van der Waals surface area contributed by atoms with Gasteiger partial charge in [0.05, 0.1) is 11.4 Å². The molecule has 3 rings (SSSR count). The van der Waals surface area contributed by atoms with Gasteiger partial charge in [0.15, 0.2) is 0 Å². The number of amides is 1. The maximum absolute atomic E-state index is 12.9. The first-order valence-electron chi connectivity index (χ1n) is 8.22. The van der Waals surface area contributed by atoms with Crippen LogP contribution in [-0.2, 0) is 0 Å². The standard InChI is InChI=1S/C17H25N3O/c1-2-14-6-4-3-5-11-20(14)17(21)13-7-8-15-16(12-13)19-10-9-18-15/h7-8,12,14,18-19H,2-6,9-11H2,1H3. The molecule has 0 bridgehead atoms. The average Bonchev–Trinajstić information content (AvgIpc) is 2.79. The van der Waals surface area contributed by atoms with Gasteiger partial charge in [0, 0.05) is 31.2 Å². The van der Waals surface area contributed by atoms with Gasteiger partial charge in [-0.15, -0.1) is 0 Å². The molecule has 1 unspecified atom stereocenters. The summed E-state index contributed by atoms with van der Waals surface area (Å²) in [5.41, 5.74) is 2.96. The molecule has 1 atom stereocenters. The number of hydrogen-bond acceptors (Lipinski definition) is 3. The monoisotopic (exact) mass is 287 g/mol. The lowest BCUT2D eigenvalue weighted by atomic mass is 10.1. The SMILES string of the molecule is CCC1CCCCCN1C(=O)c1ccc2c(c1)NCCN2. The Hall–Kier alpha value is -1.71. The molecule has 2 heterocycles. The van der Waals surface area contributed by atoms with Crippen LogP contribution >= 0.6 is 0 Å². The summed E-state index contributed by atoms with van der Waals surface area (Å²) in [5.74, 6) is 0.193. The molecule has 0 saturated carbocycles. The first-order valence-corrected chi connectivity index (χ1v) is 8.22. The normalized spacial score (nSPS) is 21.8. The minimum Gasteiger partial charge on any atom is -0.382 e. The molecule has 1 saturated heterocycles. The van der Waals surface area contributed by atoms with E-state index in [4.69, 9.17) is 0 Å². The van der Waals surface area contributed by atoms with Crippen molar-refractivity contribution in [1.82, 2.24) is 4.90 Å². The first-order chi connectivity index (χ1) is 10.3. The van der Waals surface area contributed by atoms with Gasteiger partial charge in [0.25, 0.3) is 5.91 Å². The Bertz CT molecular complexity index is 515. The summed E-state index contributed by atoms with van der Waals surface area (Å²) in [7, 11) is 0. The van der Waals surface area contributed by atoms with E-state index in [0.717, 1.165) is 55.8 Å². The number of carbonyl (C=O) groups is 1. The highest BCUT2D eigenvalue weighted by Gasteiger charge is 2.25. The van der Waals surface area contributed by atoms with Crippen LogP contribution in [0.15, 0.2) is 18.2 Å². The summed E-state index contributed by atoms with van der Waals surface area (Å²) >= 11 is 0. The predicted octanol–water partition coefficient (Wildman–Crippen LogP) is 3.32. The van der Waals surface area contributed by atoms with E-state index in [1.54, 1.807) is 0 Å². The average molecular weight is 287 g/mol. The Balaban J connectivity index is 1.83. The lowest BCUT2D eigenvalue weighted by molar-refractivity contribution is 0.0678. The fourth-order valence-electron chi connectivity index (χ4n) is 3.41. The second-order valence-corrected chi connectivity index (χ2v) is 6.02. The van der Waals surface area contributed by atoms with E-state index >= 15 is 0 Å². The molecule has 4 heteroatoms. The summed E-state index contributed by atoms with van der Waals surface area (Å²) in [6, 6.07) is 6.38. The zero-order valence-electron chi connectivity index (χ0n) is 12.8. The van der Waals surface area contributed by atoms with Crippen molar-refractivity contribution in [3.8, 4) is 0 Å². The summed E-state index contributed by atoms with van der Waals surface area (Å²) < 4.78 is 0. The highest BCUT2D eigenvalue weighted by Crippen LogP contribution is 2.27. The van der Waals surface area contributed by atoms with Crippen molar-refractivity contribution in [2.24, 2.45) is 0 Å². The first kappa shape index (κ1) is 14.2. The molecular formula is C17H25N3O. The van der Waals surface area contributed by atoms with Crippen LogP contribution in [0.3, 0.4) is 0 Å². The van der Waals surface area contributed by atoms with Crippen LogP contribution in [0.2, 0.25) is 0 Å². The van der Waals surface area contributed by atoms with Gasteiger partial charge in [0.1, 0.15) is 0 Å². The van der Waals surface area contributed by atoms with E-state index in [0.29, 0.717) is 6.04 Å². The topological polar surface area (TPSA) is 44.4 Å². The summed E-state index contributed by atoms with van der Waals surface area (Å²) in [5, 5.41) is 6.72. The lowest BCUT2D eigenvalue weighted by Crippen LogP contribution is -2.39. The van der Waals surface area contributed by atoms with Crippen LogP contribution in [-0.4, -0.2) is 36.5 Å². The summed E-state index contributed by atoms with van der Waals surface area (Å²) in [6.45, 7) is 4.94. The van der Waals surface area contributed by atoms with E-state index in [-0.39, 0.29) is 5.91 Å². The Labute approximate surface area is 126 Å². The van der Waals surface area contributed by atoms with Gasteiger partial charge in [-0.2, -0.15) is 0 Å². The molecule has 114 valence electrons. The molecule has 2 aliphatic rings. The molecule has 21 heavy (non-hydrogen) atoms. The van der Waals surface area contributed by atoms with E-state index in [2.05, 4.69) is 22.5 Å². The number of rotatable bonds is 2. The largest absolute Gasteiger partial charge is 0.382 e. The number of hydrogen-bond donors (Lipinski definition) is 2. The van der Waals surface area contributed by atoms with Gasteiger partial charge >= 0.3 is 0 Å². The molecule has 2 aliphatic heterocycles. The van der Waals surface area contributed by atoms with Crippen LogP contribution in [0, 0.1) is 0 Å². The quantitative estimate of drug-likeness (QED) is 0.877. The molecule has 0 aliphatic carbocycles. The third-order valence-corrected chi connectivity index (χ3v) is 4.63. The zero-order chi connectivity index (χ0) is 14.7. The number of likely N-dealkylation sites (tertiary alicyclic amines) is 1. The van der Waals surface area contributed by atoms with E-state index < -0.39 is 0 Å². The zero-order valence-corrected chi connectivity index (χ0v) is 12.8. The highest BCUT2D eigenvalue weighted by molar-refractivity contribution is 5.96. The molecule has 0 aromatic heterocycles. The summed E-state index contributed by atoms with van der Waals surface area (Å²) in [4.78, 5) is 15.0. The third kappa shape index (κ3) is 2.99. The summed E-state index contributed by atoms with van der Waals surface area (Å²) in [6.07, 6.45) is 5.82. The van der Waals surface area contributed by atoms with Crippen LogP contribution in [0.5, 0.6) is 0 Å². The minimum atomic E-state index is 0.193. The van der Waals surface area contributed by atoms with E-state index in [9.17, 15) is 4.79 Å². The Kier molecular flexibility index (Phi) is 4.32. The van der Waals surface area contributed by atoms with Crippen molar-refractivity contribution >= 4 is 17.3 Å². The fraction of sp³-hybridized carbons (Fsp3) is 0.588. The van der Waals surface area contributed by atoms with Crippen molar-refractivity contribution in [1.29, 1.82) is 0 Å². The molecule has 0 radical (unpaired) electrons. The van der Waals surface area contributed by atoms with Gasteiger partial charge in [-0.3, -0.25) is 4.79 Å². The van der Waals surface area contributed by atoms with E-state index in [1.807, 2.05) is 18.2 Å².